The van der Waals surface area contributed by atoms with Crippen LogP contribution >= 0.6 is 0 Å². The van der Waals surface area contributed by atoms with Crippen molar-refractivity contribution in [1.29, 1.82) is 0 Å². The number of carbonyl (C=O) groups is 2. The van der Waals surface area contributed by atoms with Gasteiger partial charge in [-0.3, -0.25) is 9.59 Å². The van der Waals surface area contributed by atoms with Crippen LogP contribution in [0.3, 0.4) is 0 Å². The van der Waals surface area contributed by atoms with E-state index in [2.05, 4.69) is 0 Å². The number of rotatable bonds is 2. The molecule has 2 N–H and O–H groups in total. The van der Waals surface area contributed by atoms with Crippen LogP contribution < -0.4 is 0 Å². The average Bonchev–Trinajstić information content (AvgIpc) is 2.84. The van der Waals surface area contributed by atoms with Crippen LogP contribution in [-0.4, -0.2) is 22.2 Å². The number of aliphatic carboxylic acids is 2. The van der Waals surface area contributed by atoms with E-state index in [1.807, 2.05) is 0 Å². The highest BCUT2D eigenvalue weighted by Crippen LogP contribution is 2.24. The second kappa shape index (κ2) is 7.30. The van der Waals surface area contributed by atoms with E-state index >= 15 is 0 Å². The SMILES string of the molecule is O=C(O)C1CCCC1.O=C(O)C1CCCCC1. The van der Waals surface area contributed by atoms with E-state index in [1.54, 1.807) is 0 Å². The van der Waals surface area contributed by atoms with Crippen molar-refractivity contribution in [3.05, 3.63) is 0 Å². The van der Waals surface area contributed by atoms with Gasteiger partial charge in [-0.25, -0.2) is 0 Å². The lowest BCUT2D eigenvalue weighted by molar-refractivity contribution is -0.143. The van der Waals surface area contributed by atoms with Crippen LogP contribution in [0.1, 0.15) is 57.8 Å². The van der Waals surface area contributed by atoms with Gasteiger partial charge in [0.2, 0.25) is 0 Å². The largest absolute Gasteiger partial charge is 0.481 e. The maximum absolute atomic E-state index is 10.4. The highest BCUT2D eigenvalue weighted by Gasteiger charge is 2.21. The van der Waals surface area contributed by atoms with Crippen LogP contribution in [0.5, 0.6) is 0 Å². The van der Waals surface area contributed by atoms with E-state index in [4.69, 9.17) is 10.2 Å². The molecule has 0 spiro atoms. The van der Waals surface area contributed by atoms with Crippen molar-refractivity contribution in [2.75, 3.05) is 0 Å². The summed E-state index contributed by atoms with van der Waals surface area (Å²) in [6.07, 6.45) is 9.25. The summed E-state index contributed by atoms with van der Waals surface area (Å²) < 4.78 is 0. The zero-order valence-electron chi connectivity index (χ0n) is 10.2. The molecular formula is C13H22O4. The Kier molecular flexibility index (Phi) is 6.01. The second-order valence-corrected chi connectivity index (χ2v) is 4.99. The maximum Gasteiger partial charge on any atom is 0.306 e. The predicted molar refractivity (Wildman–Crippen MR) is 63.8 cm³/mol. The van der Waals surface area contributed by atoms with Gasteiger partial charge in [0.1, 0.15) is 0 Å². The highest BCUT2D eigenvalue weighted by atomic mass is 16.4. The quantitative estimate of drug-likeness (QED) is 0.780. The molecule has 2 fully saturated rings. The third kappa shape index (κ3) is 5.20. The third-order valence-electron chi connectivity index (χ3n) is 3.66. The monoisotopic (exact) mass is 242 g/mol. The van der Waals surface area contributed by atoms with Gasteiger partial charge in [-0.1, -0.05) is 32.1 Å². The van der Waals surface area contributed by atoms with E-state index in [-0.39, 0.29) is 11.8 Å². The third-order valence-corrected chi connectivity index (χ3v) is 3.66. The lowest BCUT2D eigenvalue weighted by Gasteiger charge is -2.16. The molecule has 17 heavy (non-hydrogen) atoms. The summed E-state index contributed by atoms with van der Waals surface area (Å²) in [5.41, 5.74) is 0. The fraction of sp³-hybridized carbons (Fsp3) is 0.846. The van der Waals surface area contributed by atoms with E-state index in [0.29, 0.717) is 0 Å². The Morgan fingerprint density at radius 2 is 0.941 bits per heavy atom. The molecule has 4 heteroatoms. The molecule has 0 amide bonds. The first kappa shape index (κ1) is 14.0. The molecule has 0 aromatic carbocycles. The molecule has 0 heterocycles. The van der Waals surface area contributed by atoms with Gasteiger partial charge in [0, 0.05) is 0 Å². The van der Waals surface area contributed by atoms with Crippen molar-refractivity contribution >= 4 is 11.9 Å². The molecule has 2 rings (SSSR count). The van der Waals surface area contributed by atoms with E-state index in [9.17, 15) is 9.59 Å². The van der Waals surface area contributed by atoms with Gasteiger partial charge in [0.25, 0.3) is 0 Å². The number of hydrogen-bond donors (Lipinski definition) is 2. The van der Waals surface area contributed by atoms with Crippen molar-refractivity contribution in [2.24, 2.45) is 11.8 Å². The zero-order valence-corrected chi connectivity index (χ0v) is 10.2. The maximum atomic E-state index is 10.4. The smallest absolute Gasteiger partial charge is 0.306 e. The van der Waals surface area contributed by atoms with Gasteiger partial charge in [-0.05, 0) is 25.7 Å². The van der Waals surface area contributed by atoms with Crippen LogP contribution in [0.2, 0.25) is 0 Å². The number of carboxylic acids is 2. The molecule has 0 aliphatic heterocycles. The molecule has 0 unspecified atom stereocenters. The number of hydrogen-bond acceptors (Lipinski definition) is 2. The fourth-order valence-corrected chi connectivity index (χ4v) is 2.52. The van der Waals surface area contributed by atoms with Crippen molar-refractivity contribution < 1.29 is 19.8 Å². The van der Waals surface area contributed by atoms with Crippen molar-refractivity contribution in [3.63, 3.8) is 0 Å². The van der Waals surface area contributed by atoms with Crippen LogP contribution in [0, 0.1) is 11.8 Å². The molecule has 2 saturated carbocycles. The van der Waals surface area contributed by atoms with E-state index in [1.165, 1.54) is 6.42 Å². The van der Waals surface area contributed by atoms with Crippen LogP contribution in [0.15, 0.2) is 0 Å². The van der Waals surface area contributed by atoms with Gasteiger partial charge >= 0.3 is 11.9 Å². The molecule has 0 bridgehead atoms. The first-order valence-electron chi connectivity index (χ1n) is 6.57. The summed E-state index contributed by atoms with van der Waals surface area (Å²) in [5, 5.41) is 17.0. The van der Waals surface area contributed by atoms with Crippen LogP contribution in [0.4, 0.5) is 0 Å². The first-order chi connectivity index (χ1) is 8.11. The summed E-state index contributed by atoms with van der Waals surface area (Å²) in [4.78, 5) is 20.6. The number of carboxylic acid groups (broad SMARTS) is 2. The summed E-state index contributed by atoms with van der Waals surface area (Å²) in [5.74, 6) is -1.26. The first-order valence-corrected chi connectivity index (χ1v) is 6.57. The summed E-state index contributed by atoms with van der Waals surface area (Å²) in [6.45, 7) is 0. The minimum absolute atomic E-state index is 0.0185. The van der Waals surface area contributed by atoms with Crippen molar-refractivity contribution in [3.8, 4) is 0 Å². The summed E-state index contributed by atoms with van der Waals surface area (Å²) in [7, 11) is 0. The molecule has 98 valence electrons. The highest BCUT2D eigenvalue weighted by molar-refractivity contribution is 5.70. The lowest BCUT2D eigenvalue weighted by atomic mass is 9.90. The molecule has 2 aliphatic rings. The van der Waals surface area contributed by atoms with Gasteiger partial charge in [-0.2, -0.15) is 0 Å². The predicted octanol–water partition coefficient (Wildman–Crippen LogP) is 2.91. The van der Waals surface area contributed by atoms with E-state index < -0.39 is 11.9 Å². The Morgan fingerprint density at radius 3 is 1.18 bits per heavy atom. The van der Waals surface area contributed by atoms with Gasteiger partial charge in [0.15, 0.2) is 0 Å². The average molecular weight is 242 g/mol. The minimum Gasteiger partial charge on any atom is -0.481 e. The standard InChI is InChI=1S/C7H12O2.C6H10O2/c8-7(9)6-4-2-1-3-5-6;7-6(8)5-3-1-2-4-5/h6H,1-5H2,(H,8,9);5H,1-4H2,(H,7,8). The van der Waals surface area contributed by atoms with E-state index in [0.717, 1.165) is 51.4 Å². The Morgan fingerprint density at radius 1 is 0.647 bits per heavy atom. The normalized spacial score (nSPS) is 21.6. The minimum atomic E-state index is -0.609. The van der Waals surface area contributed by atoms with Crippen LogP contribution in [-0.2, 0) is 9.59 Å². The Hall–Kier alpha value is -1.06. The molecule has 4 nitrogen and oxygen atoms in total. The van der Waals surface area contributed by atoms with Gasteiger partial charge in [0.05, 0.1) is 11.8 Å². The Balaban J connectivity index is 0.000000171. The molecule has 0 saturated heterocycles. The Bertz CT molecular complexity index is 250. The molecule has 0 aromatic rings. The van der Waals surface area contributed by atoms with Gasteiger partial charge in [-0.15, -0.1) is 0 Å². The van der Waals surface area contributed by atoms with Crippen molar-refractivity contribution in [1.82, 2.24) is 0 Å². The molecule has 2 aliphatic carbocycles. The fourth-order valence-electron chi connectivity index (χ4n) is 2.52. The van der Waals surface area contributed by atoms with Crippen LogP contribution in [0.25, 0.3) is 0 Å². The molecule has 0 radical (unpaired) electrons. The summed E-state index contributed by atoms with van der Waals surface area (Å²) >= 11 is 0. The molecule has 0 aromatic heterocycles. The topological polar surface area (TPSA) is 74.6 Å². The Labute approximate surface area is 102 Å². The molecule has 0 atom stereocenters. The zero-order chi connectivity index (χ0) is 12.7. The lowest BCUT2D eigenvalue weighted by Crippen LogP contribution is -2.16. The molecular weight excluding hydrogens is 220 g/mol. The van der Waals surface area contributed by atoms with Gasteiger partial charge < -0.3 is 10.2 Å². The van der Waals surface area contributed by atoms with Crippen molar-refractivity contribution in [2.45, 2.75) is 57.8 Å². The summed E-state index contributed by atoms with van der Waals surface area (Å²) in [6, 6.07) is 0. The second-order valence-electron chi connectivity index (χ2n) is 4.99.